The number of aromatic carboxylic acids is 1. The van der Waals surface area contributed by atoms with E-state index in [-0.39, 0.29) is 5.92 Å². The summed E-state index contributed by atoms with van der Waals surface area (Å²) >= 11 is 0. The molecule has 0 aliphatic carbocycles. The van der Waals surface area contributed by atoms with Gasteiger partial charge < -0.3 is 9.84 Å². The van der Waals surface area contributed by atoms with Gasteiger partial charge in [-0.1, -0.05) is 19.9 Å². The Kier molecular flexibility index (Phi) is 3.12. The van der Waals surface area contributed by atoms with Crippen molar-refractivity contribution < 1.29 is 14.6 Å². The molecule has 1 aromatic carbocycles. The molecule has 0 aliphatic heterocycles. The minimum Gasteiger partial charge on any atom is -0.496 e. The largest absolute Gasteiger partial charge is 0.496 e. The molecule has 3 nitrogen and oxygen atoms in total. The molecule has 0 atom stereocenters. The van der Waals surface area contributed by atoms with Gasteiger partial charge in [0.25, 0.3) is 0 Å². The summed E-state index contributed by atoms with van der Waals surface area (Å²) in [4.78, 5) is 10.9. The number of carbonyl (C=O) groups is 1. The van der Waals surface area contributed by atoms with Crippen LogP contribution in [0.25, 0.3) is 0 Å². The van der Waals surface area contributed by atoms with Gasteiger partial charge in [0.15, 0.2) is 0 Å². The van der Waals surface area contributed by atoms with Crippen LogP contribution < -0.4 is 4.74 Å². The van der Waals surface area contributed by atoms with Crippen LogP contribution in [0.15, 0.2) is 18.2 Å². The lowest BCUT2D eigenvalue weighted by Crippen LogP contribution is -2.05. The van der Waals surface area contributed by atoms with Gasteiger partial charge in [-0.05, 0) is 18.1 Å². The van der Waals surface area contributed by atoms with E-state index in [0.29, 0.717) is 11.3 Å². The zero-order valence-electron chi connectivity index (χ0n) is 8.57. The number of ether oxygens (including phenoxy) is 1. The summed E-state index contributed by atoms with van der Waals surface area (Å²) in [7, 11) is 1.55. The molecule has 0 amide bonds. The summed E-state index contributed by atoms with van der Waals surface area (Å²) in [5.41, 5.74) is 1.07. The highest BCUT2D eigenvalue weighted by molar-refractivity contribution is 5.90. The van der Waals surface area contributed by atoms with Crippen molar-refractivity contribution in [2.24, 2.45) is 0 Å². The van der Waals surface area contributed by atoms with E-state index in [4.69, 9.17) is 9.84 Å². The number of methoxy groups -OCH3 is 1. The van der Waals surface area contributed by atoms with Crippen LogP contribution in [-0.2, 0) is 0 Å². The molecule has 1 N–H and O–H groups in total. The highest BCUT2D eigenvalue weighted by Crippen LogP contribution is 2.29. The Morgan fingerprint density at radius 2 is 2.07 bits per heavy atom. The molecule has 76 valence electrons. The van der Waals surface area contributed by atoms with E-state index in [9.17, 15) is 4.79 Å². The number of benzene rings is 1. The first-order valence-electron chi connectivity index (χ1n) is 4.48. The summed E-state index contributed by atoms with van der Waals surface area (Å²) in [5, 5.41) is 8.98. The van der Waals surface area contributed by atoms with Crippen LogP contribution in [0.2, 0.25) is 0 Å². The molecule has 14 heavy (non-hydrogen) atoms. The van der Waals surface area contributed by atoms with Crippen molar-refractivity contribution in [3.8, 4) is 5.75 Å². The Morgan fingerprint density at radius 3 is 2.50 bits per heavy atom. The summed E-state index contributed by atoms with van der Waals surface area (Å²) in [6.07, 6.45) is 0. The third kappa shape index (κ3) is 1.87. The smallest absolute Gasteiger partial charge is 0.336 e. The van der Waals surface area contributed by atoms with Gasteiger partial charge in [-0.25, -0.2) is 4.79 Å². The van der Waals surface area contributed by atoms with E-state index in [1.807, 2.05) is 13.8 Å². The first-order valence-corrected chi connectivity index (χ1v) is 4.48. The predicted octanol–water partition coefficient (Wildman–Crippen LogP) is 2.52. The maximum Gasteiger partial charge on any atom is 0.336 e. The van der Waals surface area contributed by atoms with Gasteiger partial charge in [0, 0.05) is 5.56 Å². The topological polar surface area (TPSA) is 46.5 Å². The third-order valence-corrected chi connectivity index (χ3v) is 2.09. The van der Waals surface area contributed by atoms with Gasteiger partial charge in [-0.2, -0.15) is 0 Å². The van der Waals surface area contributed by atoms with Gasteiger partial charge in [-0.15, -0.1) is 0 Å². The lowest BCUT2D eigenvalue weighted by atomic mass is 9.96. The van der Waals surface area contributed by atoms with E-state index < -0.39 is 5.97 Å². The van der Waals surface area contributed by atoms with Crippen molar-refractivity contribution >= 4 is 5.97 Å². The summed E-state index contributed by atoms with van der Waals surface area (Å²) < 4.78 is 5.13. The molecule has 0 spiro atoms. The fraction of sp³-hybridized carbons (Fsp3) is 0.364. The molecule has 0 radical (unpaired) electrons. The second-order valence-electron chi connectivity index (χ2n) is 3.38. The van der Waals surface area contributed by atoms with Gasteiger partial charge in [0.05, 0.1) is 12.7 Å². The molecule has 0 aromatic heterocycles. The Balaban J connectivity index is 3.35. The minimum absolute atomic E-state index is 0.136. The molecule has 1 rings (SSSR count). The molecule has 0 unspecified atom stereocenters. The molecule has 0 bridgehead atoms. The van der Waals surface area contributed by atoms with Gasteiger partial charge in [-0.3, -0.25) is 0 Å². The van der Waals surface area contributed by atoms with Gasteiger partial charge in [0.1, 0.15) is 5.75 Å². The van der Waals surface area contributed by atoms with Crippen LogP contribution in [0.3, 0.4) is 0 Å². The van der Waals surface area contributed by atoms with Crippen molar-refractivity contribution in [1.82, 2.24) is 0 Å². The van der Waals surface area contributed by atoms with Crippen molar-refractivity contribution in [2.45, 2.75) is 19.8 Å². The van der Waals surface area contributed by atoms with Crippen molar-refractivity contribution in [2.75, 3.05) is 7.11 Å². The number of hydrogen-bond acceptors (Lipinski definition) is 2. The maximum absolute atomic E-state index is 10.9. The van der Waals surface area contributed by atoms with Crippen LogP contribution in [0.4, 0.5) is 0 Å². The standard InChI is InChI=1S/C11H14O3/c1-7(2)10-8(11(12)13)5-4-6-9(10)14-3/h4-7H,1-3H3,(H,12,13). The average Bonchev–Trinajstić information content (AvgIpc) is 2.16. The number of carboxylic acid groups (broad SMARTS) is 1. The van der Waals surface area contributed by atoms with Crippen molar-refractivity contribution in [1.29, 1.82) is 0 Å². The molecule has 0 heterocycles. The summed E-state index contributed by atoms with van der Waals surface area (Å²) in [6.45, 7) is 3.90. The number of rotatable bonds is 3. The lowest BCUT2D eigenvalue weighted by Gasteiger charge is -2.14. The fourth-order valence-corrected chi connectivity index (χ4v) is 1.50. The molecular weight excluding hydrogens is 180 g/mol. The molecule has 0 aliphatic rings. The van der Waals surface area contributed by atoms with Gasteiger partial charge >= 0.3 is 5.97 Å². The van der Waals surface area contributed by atoms with Crippen molar-refractivity contribution in [3.05, 3.63) is 29.3 Å². The predicted molar refractivity (Wildman–Crippen MR) is 54.0 cm³/mol. The Hall–Kier alpha value is -1.51. The molecular formula is C11H14O3. The second-order valence-corrected chi connectivity index (χ2v) is 3.38. The lowest BCUT2D eigenvalue weighted by molar-refractivity contribution is 0.0694. The number of carboxylic acids is 1. The zero-order chi connectivity index (χ0) is 10.7. The molecule has 0 saturated heterocycles. The Morgan fingerprint density at radius 1 is 1.43 bits per heavy atom. The van der Waals surface area contributed by atoms with E-state index in [2.05, 4.69) is 0 Å². The highest BCUT2D eigenvalue weighted by Gasteiger charge is 2.16. The monoisotopic (exact) mass is 194 g/mol. The van der Waals surface area contributed by atoms with E-state index >= 15 is 0 Å². The van der Waals surface area contributed by atoms with E-state index in [0.717, 1.165) is 5.56 Å². The molecule has 0 fully saturated rings. The summed E-state index contributed by atoms with van der Waals surface area (Å²) in [5.74, 6) is -0.134. The van der Waals surface area contributed by atoms with Crippen LogP contribution >= 0.6 is 0 Å². The van der Waals surface area contributed by atoms with Crippen LogP contribution in [0, 0.1) is 0 Å². The maximum atomic E-state index is 10.9. The fourth-order valence-electron chi connectivity index (χ4n) is 1.50. The van der Waals surface area contributed by atoms with Gasteiger partial charge in [0.2, 0.25) is 0 Å². The SMILES string of the molecule is COc1cccc(C(=O)O)c1C(C)C. The summed E-state index contributed by atoms with van der Waals surface area (Å²) in [6, 6.07) is 5.07. The number of hydrogen-bond donors (Lipinski definition) is 1. The first kappa shape index (κ1) is 10.6. The minimum atomic E-state index is -0.910. The normalized spacial score (nSPS) is 10.3. The van der Waals surface area contributed by atoms with Crippen LogP contribution in [0.5, 0.6) is 5.75 Å². The van der Waals surface area contributed by atoms with Crippen LogP contribution in [-0.4, -0.2) is 18.2 Å². The zero-order valence-corrected chi connectivity index (χ0v) is 8.57. The molecule has 0 saturated carbocycles. The molecule has 1 aromatic rings. The Labute approximate surface area is 83.3 Å². The second kappa shape index (κ2) is 4.13. The third-order valence-electron chi connectivity index (χ3n) is 2.09. The molecule has 3 heteroatoms. The first-order chi connectivity index (χ1) is 6.57. The highest BCUT2D eigenvalue weighted by atomic mass is 16.5. The average molecular weight is 194 g/mol. The quantitative estimate of drug-likeness (QED) is 0.804. The van der Waals surface area contributed by atoms with Crippen LogP contribution in [0.1, 0.15) is 35.7 Å². The van der Waals surface area contributed by atoms with Crippen molar-refractivity contribution in [3.63, 3.8) is 0 Å². The van der Waals surface area contributed by atoms with E-state index in [1.54, 1.807) is 25.3 Å². The van der Waals surface area contributed by atoms with E-state index in [1.165, 1.54) is 0 Å². The Bertz CT molecular complexity index is 342.